The summed E-state index contributed by atoms with van der Waals surface area (Å²) >= 11 is 0.691. The number of hydrogen-bond donors (Lipinski definition) is 0. The first-order valence-electron chi connectivity index (χ1n) is 2.61. The Morgan fingerprint density at radius 2 is 1.44 bits per heavy atom. The third-order valence-corrected chi connectivity index (χ3v) is 1.58. The highest BCUT2D eigenvalue weighted by Gasteiger charge is 1.93. The highest BCUT2D eigenvalue weighted by Crippen LogP contribution is 1.97. The molecule has 0 nitrogen and oxygen atoms in total. The van der Waals surface area contributed by atoms with E-state index in [0.29, 0.717) is 16.3 Å². The Morgan fingerprint density at radius 1 is 1.00 bits per heavy atom. The van der Waals surface area contributed by atoms with Gasteiger partial charge in [-0.15, -0.1) is 4.43 Å². The summed E-state index contributed by atoms with van der Waals surface area (Å²) in [4.78, 5) is 0. The van der Waals surface area contributed by atoms with E-state index in [9.17, 15) is 8.78 Å². The summed E-state index contributed by atoms with van der Waals surface area (Å²) in [5, 5.41) is 0. The number of benzene rings is 1. The van der Waals surface area contributed by atoms with Gasteiger partial charge >= 0.3 is 0 Å². The van der Waals surface area contributed by atoms with Gasteiger partial charge in [-0.3, -0.25) is 0 Å². The van der Waals surface area contributed by atoms with E-state index in [1.54, 1.807) is 0 Å². The molecule has 0 spiro atoms. The Hall–Kier alpha value is -0.388. The van der Waals surface area contributed by atoms with Crippen LogP contribution in [0, 0.1) is 11.6 Å². The van der Waals surface area contributed by atoms with Crippen molar-refractivity contribution in [3.8, 4) is 0 Å². The zero-order valence-electron chi connectivity index (χ0n) is 4.99. The SMILES string of the molecule is Fc1cc(F)c[c]([AlH2])c1. The summed E-state index contributed by atoms with van der Waals surface area (Å²) in [5.74, 6) is -0.972. The summed E-state index contributed by atoms with van der Waals surface area (Å²) < 4.78 is 25.2. The maximum Gasteiger partial charge on any atom is 0.259 e. The Morgan fingerprint density at radius 3 is 1.78 bits per heavy atom. The number of hydrogen-bond acceptors (Lipinski definition) is 0. The molecule has 1 aromatic rings. The zero-order valence-corrected chi connectivity index (χ0v) is 6.99. The van der Waals surface area contributed by atoms with Crippen molar-refractivity contribution in [1.82, 2.24) is 0 Å². The van der Waals surface area contributed by atoms with Crippen molar-refractivity contribution in [3.63, 3.8) is 0 Å². The van der Waals surface area contributed by atoms with Crippen LogP contribution in [0.3, 0.4) is 0 Å². The average Bonchev–Trinajstić information content (AvgIpc) is 1.59. The lowest BCUT2D eigenvalue weighted by atomic mass is 10.3. The van der Waals surface area contributed by atoms with E-state index < -0.39 is 11.6 Å². The first-order valence-corrected chi connectivity index (χ1v) is 3.61. The van der Waals surface area contributed by atoms with Crippen LogP contribution < -0.4 is 4.43 Å². The Bertz CT molecular complexity index is 172. The van der Waals surface area contributed by atoms with Crippen LogP contribution in [0.5, 0.6) is 0 Å². The van der Waals surface area contributed by atoms with E-state index in [-0.39, 0.29) is 0 Å². The van der Waals surface area contributed by atoms with Gasteiger partial charge in [0.1, 0.15) is 11.6 Å². The normalized spacial score (nSPS) is 9.56. The van der Waals surface area contributed by atoms with Crippen LogP contribution in [-0.2, 0) is 0 Å². The molecule has 0 aliphatic heterocycles. The van der Waals surface area contributed by atoms with Gasteiger partial charge in [-0.05, 0) is 12.1 Å². The van der Waals surface area contributed by atoms with Crippen LogP contribution in [0.25, 0.3) is 0 Å². The lowest BCUT2D eigenvalue weighted by Gasteiger charge is -1.91. The predicted octanol–water partition coefficient (Wildman–Crippen LogP) is 0.223. The van der Waals surface area contributed by atoms with Crippen LogP contribution in [0.2, 0.25) is 0 Å². The molecule has 3 heteroatoms. The third-order valence-electron chi connectivity index (χ3n) is 1.01. The second kappa shape index (κ2) is 2.47. The van der Waals surface area contributed by atoms with Crippen LogP contribution in [0.4, 0.5) is 8.78 Å². The van der Waals surface area contributed by atoms with Crippen molar-refractivity contribution in [2.24, 2.45) is 0 Å². The minimum absolute atomic E-state index is 0.486. The summed E-state index contributed by atoms with van der Waals surface area (Å²) in [7, 11) is 0. The molecule has 0 saturated carbocycles. The molecule has 0 aromatic heterocycles. The van der Waals surface area contributed by atoms with Crippen molar-refractivity contribution in [2.45, 2.75) is 0 Å². The average molecular weight is 142 g/mol. The van der Waals surface area contributed by atoms with Crippen molar-refractivity contribution >= 4 is 20.7 Å². The van der Waals surface area contributed by atoms with Crippen molar-refractivity contribution < 1.29 is 8.78 Å². The molecule has 0 radical (unpaired) electrons. The second-order valence-electron chi connectivity index (χ2n) is 1.95. The molecular formula is C6H5AlF2. The summed E-state index contributed by atoms with van der Waals surface area (Å²) in [5.41, 5.74) is 0. The van der Waals surface area contributed by atoms with Gasteiger partial charge in [-0.2, -0.15) is 0 Å². The molecule has 0 unspecified atom stereocenters. The van der Waals surface area contributed by atoms with Crippen molar-refractivity contribution in [1.29, 1.82) is 0 Å². The largest absolute Gasteiger partial charge is 0.259 e. The van der Waals surface area contributed by atoms with Crippen molar-refractivity contribution in [3.05, 3.63) is 29.8 Å². The summed E-state index contributed by atoms with van der Waals surface area (Å²) in [6, 6.07) is 3.56. The third kappa shape index (κ3) is 1.78. The smallest absolute Gasteiger partial charge is 0.207 e. The quantitative estimate of drug-likeness (QED) is 0.454. The highest BCUT2D eigenvalue weighted by molar-refractivity contribution is 6.32. The molecule has 0 bridgehead atoms. The molecule has 0 atom stereocenters. The fourth-order valence-electron chi connectivity index (χ4n) is 0.692. The molecule has 46 valence electrons. The standard InChI is InChI=1S/C6H3F2.Al.2H/c7-5-2-1-3-6(8)4-5;;;/h2-4H;;;. The highest BCUT2D eigenvalue weighted by atomic mass is 27.0. The van der Waals surface area contributed by atoms with Gasteiger partial charge in [0.05, 0.1) is 0 Å². The van der Waals surface area contributed by atoms with Gasteiger partial charge < -0.3 is 0 Å². The lowest BCUT2D eigenvalue weighted by Crippen LogP contribution is -2.03. The molecule has 9 heavy (non-hydrogen) atoms. The second-order valence-corrected chi connectivity index (χ2v) is 3.10. The van der Waals surface area contributed by atoms with Crippen LogP contribution in [0.1, 0.15) is 0 Å². The van der Waals surface area contributed by atoms with Gasteiger partial charge in [-0.1, -0.05) is 0 Å². The van der Waals surface area contributed by atoms with E-state index in [1.807, 2.05) is 0 Å². The van der Waals surface area contributed by atoms with Gasteiger partial charge in [0.2, 0.25) is 0 Å². The minimum Gasteiger partial charge on any atom is -0.207 e. The first kappa shape index (κ1) is 6.73. The maximum absolute atomic E-state index is 12.2. The predicted molar refractivity (Wildman–Crippen MR) is 34.5 cm³/mol. The fourth-order valence-corrected chi connectivity index (χ4v) is 1.24. The van der Waals surface area contributed by atoms with E-state index in [0.717, 1.165) is 10.5 Å². The lowest BCUT2D eigenvalue weighted by molar-refractivity contribution is 0.585. The Balaban J connectivity index is 3.17. The van der Waals surface area contributed by atoms with Gasteiger partial charge in [0.15, 0.2) is 0 Å². The molecule has 0 aliphatic carbocycles. The monoisotopic (exact) mass is 142 g/mol. The molecule has 0 amide bonds. The van der Waals surface area contributed by atoms with Crippen LogP contribution in [0.15, 0.2) is 18.2 Å². The Kier molecular flexibility index (Phi) is 1.85. The van der Waals surface area contributed by atoms with Gasteiger partial charge in [0, 0.05) is 6.07 Å². The molecule has 1 aromatic carbocycles. The summed E-state index contributed by atoms with van der Waals surface area (Å²) in [6.45, 7) is 0. The molecule has 0 heterocycles. The molecule has 0 fully saturated rings. The molecule has 1 rings (SSSR count). The van der Waals surface area contributed by atoms with Crippen LogP contribution in [-0.4, -0.2) is 16.3 Å². The van der Waals surface area contributed by atoms with E-state index in [4.69, 9.17) is 0 Å². The number of rotatable bonds is 0. The first-order chi connectivity index (χ1) is 4.18. The van der Waals surface area contributed by atoms with E-state index in [2.05, 4.69) is 0 Å². The van der Waals surface area contributed by atoms with Crippen LogP contribution >= 0.6 is 0 Å². The zero-order chi connectivity index (χ0) is 6.85. The summed E-state index contributed by atoms with van der Waals surface area (Å²) in [6.07, 6.45) is 0. The van der Waals surface area contributed by atoms with Crippen molar-refractivity contribution in [2.75, 3.05) is 0 Å². The molecule has 0 saturated heterocycles. The topological polar surface area (TPSA) is 0 Å². The maximum atomic E-state index is 12.2. The number of halogens is 2. The fraction of sp³-hybridized carbons (Fsp3) is 0. The molecule has 0 aliphatic rings. The van der Waals surface area contributed by atoms with Gasteiger partial charge in [-0.25, -0.2) is 8.78 Å². The van der Waals surface area contributed by atoms with E-state index in [1.165, 1.54) is 12.1 Å². The minimum atomic E-state index is -0.486. The van der Waals surface area contributed by atoms with Gasteiger partial charge in [0.25, 0.3) is 16.3 Å². The molecule has 0 N–H and O–H groups in total. The molecular weight excluding hydrogens is 137 g/mol. The Labute approximate surface area is 59.9 Å². The van der Waals surface area contributed by atoms with E-state index >= 15 is 0 Å².